The molecule has 1 heterocycles. The first-order chi connectivity index (χ1) is 14.0. The quantitative estimate of drug-likeness (QED) is 0.530. The zero-order valence-corrected chi connectivity index (χ0v) is 17.5. The van der Waals surface area contributed by atoms with Gasteiger partial charge in [-0.1, -0.05) is 51.4 Å². The summed E-state index contributed by atoms with van der Waals surface area (Å²) in [4.78, 5) is 39.4. The Kier molecular flexibility index (Phi) is 8.15. The van der Waals surface area contributed by atoms with Gasteiger partial charge in [-0.05, 0) is 25.2 Å². The molecule has 3 aliphatic rings. The number of amides is 4. The second-order valence-electron chi connectivity index (χ2n) is 8.90. The first-order valence-corrected chi connectivity index (χ1v) is 11.4. The van der Waals surface area contributed by atoms with Crippen LogP contribution in [-0.4, -0.2) is 60.5 Å². The Bertz CT molecular complexity index is 573. The number of primary amides is 1. The normalized spacial score (nSPS) is 25.2. The van der Waals surface area contributed by atoms with E-state index in [9.17, 15) is 14.4 Å². The molecule has 1 aliphatic heterocycles. The molecule has 0 aromatic carbocycles. The van der Waals surface area contributed by atoms with Crippen LogP contribution >= 0.6 is 0 Å². The lowest BCUT2D eigenvalue weighted by Gasteiger charge is -2.37. The molecule has 2 atom stereocenters. The first kappa shape index (κ1) is 21.9. The minimum absolute atomic E-state index is 0.179. The van der Waals surface area contributed by atoms with Crippen molar-refractivity contribution in [2.75, 3.05) is 19.6 Å². The van der Waals surface area contributed by atoms with Crippen molar-refractivity contribution >= 4 is 17.8 Å². The minimum atomic E-state index is -0.671. The largest absolute Gasteiger partial charge is 0.368 e. The Balaban J connectivity index is 1.58. The summed E-state index contributed by atoms with van der Waals surface area (Å²) >= 11 is 0. The average Bonchev–Trinajstić information content (AvgIpc) is 2.74. The summed E-state index contributed by atoms with van der Waals surface area (Å²) in [6.07, 6.45) is 11.8. The van der Waals surface area contributed by atoms with Crippen LogP contribution in [0.3, 0.4) is 0 Å². The van der Waals surface area contributed by atoms with Gasteiger partial charge in [0, 0.05) is 25.7 Å². The number of piperazine rings is 1. The number of urea groups is 1. The Labute approximate surface area is 173 Å². The summed E-state index contributed by atoms with van der Waals surface area (Å²) < 4.78 is 0. The Morgan fingerprint density at radius 3 is 2.31 bits per heavy atom. The molecule has 4 amide bonds. The van der Waals surface area contributed by atoms with Gasteiger partial charge in [0.2, 0.25) is 11.8 Å². The van der Waals surface area contributed by atoms with E-state index in [1.54, 1.807) is 4.90 Å². The lowest BCUT2D eigenvalue weighted by Crippen LogP contribution is -2.63. The van der Waals surface area contributed by atoms with E-state index in [0.717, 1.165) is 38.5 Å². The van der Waals surface area contributed by atoms with Crippen molar-refractivity contribution < 1.29 is 14.4 Å². The van der Waals surface area contributed by atoms with Gasteiger partial charge in [-0.3, -0.25) is 9.59 Å². The fourth-order valence-electron chi connectivity index (χ4n) is 4.96. The van der Waals surface area contributed by atoms with Crippen molar-refractivity contribution in [1.29, 1.82) is 0 Å². The van der Waals surface area contributed by atoms with Gasteiger partial charge < -0.3 is 26.6 Å². The Morgan fingerprint density at radius 2 is 1.66 bits per heavy atom. The fourth-order valence-corrected chi connectivity index (χ4v) is 4.96. The third-order valence-electron chi connectivity index (χ3n) is 6.69. The van der Waals surface area contributed by atoms with Crippen molar-refractivity contribution in [2.24, 2.45) is 11.7 Å². The van der Waals surface area contributed by atoms with Gasteiger partial charge in [0.25, 0.3) is 0 Å². The molecule has 0 radical (unpaired) electrons. The van der Waals surface area contributed by atoms with Gasteiger partial charge in [0.1, 0.15) is 12.1 Å². The summed E-state index contributed by atoms with van der Waals surface area (Å²) in [5.74, 6) is -0.363. The summed E-state index contributed by atoms with van der Waals surface area (Å²) in [7, 11) is 0. The van der Waals surface area contributed by atoms with E-state index >= 15 is 0 Å². The lowest BCUT2D eigenvalue weighted by molar-refractivity contribution is -0.131. The number of nitrogens with one attached hydrogen (secondary N) is 3. The van der Waals surface area contributed by atoms with Gasteiger partial charge in [-0.25, -0.2) is 4.79 Å². The number of hydrogen-bond acceptors (Lipinski definition) is 4. The minimum Gasteiger partial charge on any atom is -0.368 e. The first-order valence-electron chi connectivity index (χ1n) is 11.4. The van der Waals surface area contributed by atoms with Crippen molar-refractivity contribution in [2.45, 2.75) is 88.8 Å². The van der Waals surface area contributed by atoms with Crippen LogP contribution in [0.1, 0.15) is 70.6 Å². The van der Waals surface area contributed by atoms with Crippen molar-refractivity contribution in [3.63, 3.8) is 0 Å². The van der Waals surface area contributed by atoms with E-state index in [1.807, 2.05) is 0 Å². The van der Waals surface area contributed by atoms with E-state index in [0.29, 0.717) is 32.0 Å². The topological polar surface area (TPSA) is 117 Å². The van der Waals surface area contributed by atoms with Crippen molar-refractivity contribution in [3.8, 4) is 0 Å². The zero-order valence-electron chi connectivity index (χ0n) is 17.5. The smallest absolute Gasteiger partial charge is 0.318 e. The van der Waals surface area contributed by atoms with Gasteiger partial charge in [-0.2, -0.15) is 0 Å². The number of carbonyl (C=O) groups excluding carboxylic acids is 3. The van der Waals surface area contributed by atoms with Crippen LogP contribution in [0.15, 0.2) is 0 Å². The number of nitrogens with two attached hydrogens (primary N) is 1. The maximum Gasteiger partial charge on any atom is 0.318 e. The molecule has 0 aromatic rings. The van der Waals surface area contributed by atoms with Crippen molar-refractivity contribution in [1.82, 2.24) is 20.9 Å². The van der Waals surface area contributed by atoms with Crippen LogP contribution in [0.4, 0.5) is 4.79 Å². The molecule has 29 heavy (non-hydrogen) atoms. The van der Waals surface area contributed by atoms with E-state index in [1.165, 1.54) is 25.7 Å². The number of carbonyl (C=O) groups is 3. The molecule has 3 fully saturated rings. The number of nitrogens with zero attached hydrogens (tertiary/aromatic N) is 1. The second kappa shape index (κ2) is 10.8. The Hall–Kier alpha value is -1.83. The average molecular weight is 408 g/mol. The molecular weight excluding hydrogens is 370 g/mol. The second-order valence-corrected chi connectivity index (χ2v) is 8.90. The van der Waals surface area contributed by atoms with Crippen molar-refractivity contribution in [3.05, 3.63) is 0 Å². The van der Waals surface area contributed by atoms with E-state index < -0.39 is 18.0 Å². The monoisotopic (exact) mass is 407 g/mol. The zero-order chi connectivity index (χ0) is 20.6. The summed E-state index contributed by atoms with van der Waals surface area (Å²) in [5.41, 5.74) is 5.59. The van der Waals surface area contributed by atoms with Crippen LogP contribution < -0.4 is 21.7 Å². The summed E-state index contributed by atoms with van der Waals surface area (Å²) in [5, 5.41) is 9.14. The molecule has 0 bridgehead atoms. The molecule has 2 aliphatic carbocycles. The SMILES string of the molecule is NC(=O)[C@H](CC1CCCCC1)NC(=O)[C@H]1CNCCN1C(=O)NC1CCCCC1. The van der Waals surface area contributed by atoms with Crippen LogP contribution in [0.25, 0.3) is 0 Å². The van der Waals surface area contributed by atoms with E-state index in [-0.39, 0.29) is 18.0 Å². The van der Waals surface area contributed by atoms with Gasteiger partial charge in [-0.15, -0.1) is 0 Å². The predicted molar refractivity (Wildman–Crippen MR) is 111 cm³/mol. The lowest BCUT2D eigenvalue weighted by atomic mass is 9.84. The number of rotatable bonds is 6. The van der Waals surface area contributed by atoms with E-state index in [2.05, 4.69) is 16.0 Å². The number of hydrogen-bond donors (Lipinski definition) is 4. The molecule has 0 spiro atoms. The maximum atomic E-state index is 13.0. The molecule has 1 saturated heterocycles. The third kappa shape index (κ3) is 6.32. The molecular formula is C21H37N5O3. The van der Waals surface area contributed by atoms with E-state index in [4.69, 9.17) is 5.73 Å². The molecule has 164 valence electrons. The highest BCUT2D eigenvalue weighted by Crippen LogP contribution is 2.27. The summed E-state index contributed by atoms with van der Waals surface area (Å²) in [6, 6.07) is -1.28. The molecule has 3 rings (SSSR count). The van der Waals surface area contributed by atoms with Crippen LogP contribution in [0, 0.1) is 5.92 Å². The molecule has 5 N–H and O–H groups in total. The predicted octanol–water partition coefficient (Wildman–Crippen LogP) is 1.24. The van der Waals surface area contributed by atoms with Gasteiger partial charge in [0.05, 0.1) is 0 Å². The standard InChI is InChI=1S/C21H37N5O3/c22-19(27)17(13-15-7-3-1-4-8-15)25-20(28)18-14-23-11-12-26(18)21(29)24-16-9-5-2-6-10-16/h15-18,23H,1-14H2,(H2,22,27)(H,24,29)(H,25,28)/t17-,18+/m0/s1. The fraction of sp³-hybridized carbons (Fsp3) is 0.857. The molecule has 8 heteroatoms. The Morgan fingerprint density at radius 1 is 1.00 bits per heavy atom. The molecule has 0 unspecified atom stereocenters. The van der Waals surface area contributed by atoms with Gasteiger partial charge >= 0.3 is 6.03 Å². The molecule has 8 nitrogen and oxygen atoms in total. The van der Waals surface area contributed by atoms with Crippen LogP contribution in [0.5, 0.6) is 0 Å². The summed E-state index contributed by atoms with van der Waals surface area (Å²) in [6.45, 7) is 1.52. The maximum absolute atomic E-state index is 13.0. The molecule has 2 saturated carbocycles. The van der Waals surface area contributed by atoms with Crippen LogP contribution in [-0.2, 0) is 9.59 Å². The highest BCUT2D eigenvalue weighted by molar-refractivity contribution is 5.91. The molecule has 0 aromatic heterocycles. The highest BCUT2D eigenvalue weighted by Gasteiger charge is 2.35. The third-order valence-corrected chi connectivity index (χ3v) is 6.69. The highest BCUT2D eigenvalue weighted by atomic mass is 16.2. The van der Waals surface area contributed by atoms with Crippen LogP contribution in [0.2, 0.25) is 0 Å². The van der Waals surface area contributed by atoms with Gasteiger partial charge in [0.15, 0.2) is 0 Å².